The first-order valence-corrected chi connectivity index (χ1v) is 9.81. The number of fused-ring (bicyclic) bond motifs is 1. The van der Waals surface area contributed by atoms with Crippen LogP contribution in [-0.4, -0.2) is 17.4 Å². The molecule has 0 radical (unpaired) electrons. The van der Waals surface area contributed by atoms with Gasteiger partial charge in [-0.25, -0.2) is 9.78 Å². The summed E-state index contributed by atoms with van der Waals surface area (Å²) in [4.78, 5) is 28.9. The first kappa shape index (κ1) is 18.1. The number of nitrogens with one attached hydrogen (secondary N) is 1. The van der Waals surface area contributed by atoms with Gasteiger partial charge in [-0.15, -0.1) is 11.3 Å². The molecule has 2 aromatic heterocycles. The fraction of sp³-hybridized carbons (Fsp3) is 0.136. The van der Waals surface area contributed by atoms with Crippen molar-refractivity contribution < 1.29 is 9.21 Å². The van der Waals surface area contributed by atoms with Gasteiger partial charge in [-0.1, -0.05) is 42.5 Å². The molecule has 0 bridgehead atoms. The van der Waals surface area contributed by atoms with E-state index in [2.05, 4.69) is 10.3 Å². The molecular weight excluding hydrogens is 372 g/mol. The van der Waals surface area contributed by atoms with Crippen LogP contribution in [0.5, 0.6) is 0 Å². The van der Waals surface area contributed by atoms with Crippen LogP contribution >= 0.6 is 11.3 Å². The molecule has 0 aliphatic rings. The van der Waals surface area contributed by atoms with Gasteiger partial charge >= 0.3 is 5.63 Å². The van der Waals surface area contributed by atoms with Gasteiger partial charge in [0.2, 0.25) is 0 Å². The van der Waals surface area contributed by atoms with Crippen molar-refractivity contribution in [3.8, 4) is 11.3 Å². The molecule has 5 nitrogen and oxygen atoms in total. The molecule has 4 rings (SSSR count). The third-order valence-corrected chi connectivity index (χ3v) is 5.23. The van der Waals surface area contributed by atoms with E-state index in [9.17, 15) is 9.59 Å². The van der Waals surface area contributed by atoms with Crippen LogP contribution in [0.4, 0.5) is 0 Å². The summed E-state index contributed by atoms with van der Waals surface area (Å²) in [7, 11) is 0. The Morgan fingerprint density at radius 3 is 2.68 bits per heavy atom. The molecule has 0 saturated carbocycles. The number of para-hydroxylation sites is 1. The van der Waals surface area contributed by atoms with Gasteiger partial charge in [0.15, 0.2) is 0 Å². The number of hydrogen-bond acceptors (Lipinski definition) is 5. The lowest BCUT2D eigenvalue weighted by Crippen LogP contribution is -2.29. The molecule has 28 heavy (non-hydrogen) atoms. The molecule has 1 amide bonds. The number of hydrogen-bond donors (Lipinski definition) is 1. The van der Waals surface area contributed by atoms with E-state index in [0.29, 0.717) is 18.5 Å². The van der Waals surface area contributed by atoms with E-state index in [1.807, 2.05) is 42.6 Å². The summed E-state index contributed by atoms with van der Waals surface area (Å²) >= 11 is 1.63. The number of aromatic nitrogens is 1. The average Bonchev–Trinajstić information content (AvgIpc) is 3.14. The van der Waals surface area contributed by atoms with Crippen LogP contribution < -0.4 is 10.9 Å². The third kappa shape index (κ3) is 3.87. The molecule has 0 aliphatic carbocycles. The van der Waals surface area contributed by atoms with Gasteiger partial charge in [0, 0.05) is 22.9 Å². The largest absolute Gasteiger partial charge is 0.422 e. The Bertz CT molecular complexity index is 1190. The van der Waals surface area contributed by atoms with Gasteiger partial charge in [0.1, 0.15) is 11.1 Å². The highest BCUT2D eigenvalue weighted by atomic mass is 32.1. The predicted molar refractivity (Wildman–Crippen MR) is 111 cm³/mol. The lowest BCUT2D eigenvalue weighted by Gasteiger charge is -2.06. The van der Waals surface area contributed by atoms with Crippen LogP contribution in [0.1, 0.15) is 20.9 Å². The fourth-order valence-corrected chi connectivity index (χ4v) is 3.60. The van der Waals surface area contributed by atoms with E-state index in [1.54, 1.807) is 35.6 Å². The second kappa shape index (κ2) is 7.78. The Hall–Kier alpha value is -3.25. The monoisotopic (exact) mass is 390 g/mol. The zero-order valence-corrected chi connectivity index (χ0v) is 16.1. The lowest BCUT2D eigenvalue weighted by molar-refractivity contribution is 0.0950. The summed E-state index contributed by atoms with van der Waals surface area (Å²) in [6.45, 7) is 2.42. The normalized spacial score (nSPS) is 10.9. The minimum absolute atomic E-state index is 0.0212. The molecule has 2 heterocycles. The maximum Gasteiger partial charge on any atom is 0.349 e. The zero-order valence-electron chi connectivity index (χ0n) is 15.3. The van der Waals surface area contributed by atoms with E-state index in [1.165, 1.54) is 0 Å². The summed E-state index contributed by atoms with van der Waals surface area (Å²) in [5, 5.41) is 6.60. The molecule has 0 fully saturated rings. The molecule has 140 valence electrons. The molecule has 0 aliphatic heterocycles. The molecule has 4 aromatic rings. The maximum absolute atomic E-state index is 12.4. The zero-order chi connectivity index (χ0) is 19.5. The van der Waals surface area contributed by atoms with E-state index in [4.69, 9.17) is 4.42 Å². The number of carbonyl (C=O) groups excluding carboxylic acids is 1. The smallest absolute Gasteiger partial charge is 0.349 e. The molecule has 1 N–H and O–H groups in total. The number of benzene rings is 2. The van der Waals surface area contributed by atoms with Gasteiger partial charge in [0.25, 0.3) is 5.91 Å². The van der Waals surface area contributed by atoms with Crippen molar-refractivity contribution in [2.45, 2.75) is 13.3 Å². The summed E-state index contributed by atoms with van der Waals surface area (Å²) in [5.41, 5.74) is 3.02. The van der Waals surface area contributed by atoms with Crippen LogP contribution in [0.25, 0.3) is 22.2 Å². The summed E-state index contributed by atoms with van der Waals surface area (Å²) in [6, 6.07) is 16.8. The number of nitrogens with zero attached hydrogens (tertiary/aromatic N) is 1. The predicted octanol–water partition coefficient (Wildman–Crippen LogP) is 4.20. The van der Waals surface area contributed by atoms with Gasteiger partial charge in [0.05, 0.1) is 10.7 Å². The minimum Gasteiger partial charge on any atom is -0.422 e. The van der Waals surface area contributed by atoms with Crippen LogP contribution in [0.3, 0.4) is 0 Å². The topological polar surface area (TPSA) is 72.2 Å². The van der Waals surface area contributed by atoms with Gasteiger partial charge < -0.3 is 9.73 Å². The highest BCUT2D eigenvalue weighted by Crippen LogP contribution is 2.21. The Labute approximate surface area is 165 Å². The first-order valence-electron chi connectivity index (χ1n) is 8.93. The van der Waals surface area contributed by atoms with Gasteiger partial charge in [-0.05, 0) is 31.0 Å². The molecule has 0 unspecified atom stereocenters. The SMILES string of the molecule is Cc1nc(-c2ccc(CCNC(=O)c3cc4ccccc4oc3=O)cc2)cs1. The van der Waals surface area contributed by atoms with Gasteiger partial charge in [-0.3, -0.25) is 4.79 Å². The second-order valence-corrected chi connectivity index (χ2v) is 7.50. The summed E-state index contributed by atoms with van der Waals surface area (Å²) in [6.07, 6.45) is 0.668. The van der Waals surface area contributed by atoms with E-state index < -0.39 is 11.5 Å². The highest BCUT2D eigenvalue weighted by Gasteiger charge is 2.13. The number of carbonyl (C=O) groups is 1. The number of amides is 1. The Morgan fingerprint density at radius 1 is 1.14 bits per heavy atom. The quantitative estimate of drug-likeness (QED) is 0.519. The van der Waals surface area contributed by atoms with E-state index in [0.717, 1.165) is 27.2 Å². The van der Waals surface area contributed by atoms with Crippen molar-refractivity contribution in [1.82, 2.24) is 10.3 Å². The van der Waals surface area contributed by atoms with Crippen molar-refractivity contribution in [1.29, 1.82) is 0 Å². The van der Waals surface area contributed by atoms with E-state index in [-0.39, 0.29) is 5.56 Å². The number of rotatable bonds is 5. The second-order valence-electron chi connectivity index (χ2n) is 6.44. The van der Waals surface area contributed by atoms with Gasteiger partial charge in [-0.2, -0.15) is 0 Å². The van der Waals surface area contributed by atoms with Crippen molar-refractivity contribution in [2.75, 3.05) is 6.54 Å². The fourth-order valence-electron chi connectivity index (χ4n) is 2.97. The highest BCUT2D eigenvalue weighted by molar-refractivity contribution is 7.09. The summed E-state index contributed by atoms with van der Waals surface area (Å²) in [5.74, 6) is -0.422. The number of aryl methyl sites for hydroxylation is 1. The standard InChI is InChI=1S/C22H18N2O3S/c1-14-24-19(13-28-14)16-8-6-15(7-9-16)10-11-23-21(25)18-12-17-4-2-3-5-20(17)27-22(18)26/h2-9,12-13H,10-11H2,1H3,(H,23,25). The lowest BCUT2D eigenvalue weighted by atomic mass is 10.1. The Balaban J connectivity index is 1.39. The molecule has 0 saturated heterocycles. The molecule has 2 aromatic carbocycles. The van der Waals surface area contributed by atoms with E-state index >= 15 is 0 Å². The van der Waals surface area contributed by atoms with Crippen LogP contribution in [0.2, 0.25) is 0 Å². The van der Waals surface area contributed by atoms with Crippen LogP contribution in [0, 0.1) is 6.92 Å². The number of thiazole rings is 1. The first-order chi connectivity index (χ1) is 13.6. The van der Waals surface area contributed by atoms with Crippen molar-refractivity contribution in [3.63, 3.8) is 0 Å². The molecular formula is C22H18N2O3S. The Kier molecular flexibility index (Phi) is 5.04. The molecule has 0 spiro atoms. The molecule has 6 heteroatoms. The van der Waals surface area contributed by atoms with Crippen LogP contribution in [0.15, 0.2) is 69.2 Å². The van der Waals surface area contributed by atoms with Crippen molar-refractivity contribution >= 4 is 28.2 Å². The van der Waals surface area contributed by atoms with Crippen molar-refractivity contribution in [2.24, 2.45) is 0 Å². The van der Waals surface area contributed by atoms with Crippen LogP contribution in [-0.2, 0) is 6.42 Å². The van der Waals surface area contributed by atoms with Crippen molar-refractivity contribution in [3.05, 3.63) is 86.5 Å². The minimum atomic E-state index is -0.626. The molecule has 0 atom stereocenters. The third-order valence-electron chi connectivity index (χ3n) is 4.45. The Morgan fingerprint density at radius 2 is 1.93 bits per heavy atom. The maximum atomic E-state index is 12.4. The average molecular weight is 390 g/mol. The summed E-state index contributed by atoms with van der Waals surface area (Å²) < 4.78 is 5.21.